The van der Waals surface area contributed by atoms with Crippen LogP contribution in [0.1, 0.15) is 11.4 Å². The van der Waals surface area contributed by atoms with Gasteiger partial charge >= 0.3 is 0 Å². The maximum Gasteiger partial charge on any atom is 0.144 e. The minimum absolute atomic E-state index is 0.340. The summed E-state index contributed by atoms with van der Waals surface area (Å²) >= 11 is 3.45. The van der Waals surface area contributed by atoms with E-state index >= 15 is 0 Å². The van der Waals surface area contributed by atoms with Crippen LogP contribution in [-0.2, 0) is 6.54 Å². The second-order valence-corrected chi connectivity index (χ2v) is 4.56. The zero-order chi connectivity index (χ0) is 12.3. The van der Waals surface area contributed by atoms with Crippen molar-refractivity contribution in [3.8, 4) is 0 Å². The van der Waals surface area contributed by atoms with E-state index in [2.05, 4.69) is 31.2 Å². The molecule has 0 spiro atoms. The number of nitrogens with two attached hydrogens (primary N) is 1. The molecule has 0 aliphatic heterocycles. The van der Waals surface area contributed by atoms with E-state index in [-0.39, 0.29) is 0 Å². The zero-order valence-corrected chi connectivity index (χ0v) is 11.0. The molecule has 4 nitrogen and oxygen atoms in total. The molecule has 2 rings (SSSR count). The van der Waals surface area contributed by atoms with Crippen LogP contribution in [0.5, 0.6) is 0 Å². The van der Waals surface area contributed by atoms with Crippen LogP contribution in [0.15, 0.2) is 34.9 Å². The highest BCUT2D eigenvalue weighted by atomic mass is 79.9. The molecule has 0 atom stereocenters. The van der Waals surface area contributed by atoms with Gasteiger partial charge in [0.1, 0.15) is 11.6 Å². The van der Waals surface area contributed by atoms with Gasteiger partial charge in [0.25, 0.3) is 0 Å². The van der Waals surface area contributed by atoms with E-state index in [4.69, 9.17) is 5.73 Å². The normalized spacial score (nSPS) is 10.3. The van der Waals surface area contributed by atoms with E-state index in [0.29, 0.717) is 12.4 Å². The zero-order valence-electron chi connectivity index (χ0n) is 9.44. The predicted octanol–water partition coefficient (Wildman–Crippen LogP) is 2.75. The van der Waals surface area contributed by atoms with Gasteiger partial charge in [-0.2, -0.15) is 0 Å². The molecule has 1 aromatic carbocycles. The average Bonchev–Trinajstić information content (AvgIpc) is 2.34. The summed E-state index contributed by atoms with van der Waals surface area (Å²) in [6.45, 7) is 2.38. The number of hydrogen-bond acceptors (Lipinski definition) is 4. The summed E-state index contributed by atoms with van der Waals surface area (Å²) in [5, 5.41) is 3.25. The van der Waals surface area contributed by atoms with E-state index in [9.17, 15) is 0 Å². The Hall–Kier alpha value is -1.46. The SMILES string of the molecule is Cc1ccc(Br)cc1Nc1ccnc(CN)n1. The number of rotatable bonds is 3. The molecule has 17 heavy (non-hydrogen) atoms. The maximum atomic E-state index is 5.51. The van der Waals surface area contributed by atoms with Crippen molar-refractivity contribution in [1.29, 1.82) is 0 Å². The first-order valence-electron chi connectivity index (χ1n) is 5.24. The van der Waals surface area contributed by atoms with Crippen molar-refractivity contribution in [2.75, 3.05) is 5.32 Å². The first kappa shape index (κ1) is 12.0. The number of nitrogens with zero attached hydrogens (tertiary/aromatic N) is 2. The highest BCUT2D eigenvalue weighted by Crippen LogP contribution is 2.23. The summed E-state index contributed by atoms with van der Waals surface area (Å²) in [6.07, 6.45) is 1.70. The summed E-state index contributed by atoms with van der Waals surface area (Å²) in [7, 11) is 0. The lowest BCUT2D eigenvalue weighted by molar-refractivity contribution is 0.912. The third-order valence-corrected chi connectivity index (χ3v) is 2.84. The van der Waals surface area contributed by atoms with E-state index in [0.717, 1.165) is 21.5 Å². The molecule has 1 heterocycles. The molecule has 0 radical (unpaired) electrons. The quantitative estimate of drug-likeness (QED) is 0.913. The largest absolute Gasteiger partial charge is 0.340 e. The maximum absolute atomic E-state index is 5.51. The van der Waals surface area contributed by atoms with Crippen molar-refractivity contribution < 1.29 is 0 Å². The van der Waals surface area contributed by atoms with Gasteiger partial charge in [0.2, 0.25) is 0 Å². The van der Waals surface area contributed by atoms with Gasteiger partial charge in [0.15, 0.2) is 0 Å². The monoisotopic (exact) mass is 292 g/mol. The van der Waals surface area contributed by atoms with Gasteiger partial charge in [-0.15, -0.1) is 0 Å². The Morgan fingerprint density at radius 1 is 1.35 bits per heavy atom. The summed E-state index contributed by atoms with van der Waals surface area (Å²) in [4.78, 5) is 8.35. The molecule has 88 valence electrons. The molecule has 3 N–H and O–H groups in total. The fourth-order valence-corrected chi connectivity index (χ4v) is 1.80. The number of aromatic nitrogens is 2. The number of hydrogen-bond donors (Lipinski definition) is 2. The van der Waals surface area contributed by atoms with E-state index in [1.165, 1.54) is 0 Å². The van der Waals surface area contributed by atoms with Crippen LogP contribution in [-0.4, -0.2) is 9.97 Å². The van der Waals surface area contributed by atoms with Crippen LogP contribution in [0.3, 0.4) is 0 Å². The Labute approximate surface area is 108 Å². The highest BCUT2D eigenvalue weighted by molar-refractivity contribution is 9.10. The Morgan fingerprint density at radius 2 is 2.18 bits per heavy atom. The minimum Gasteiger partial charge on any atom is -0.340 e. The molecule has 0 saturated heterocycles. The molecule has 5 heteroatoms. The third kappa shape index (κ3) is 3.01. The van der Waals surface area contributed by atoms with Crippen molar-refractivity contribution in [2.45, 2.75) is 13.5 Å². The van der Waals surface area contributed by atoms with Crippen LogP contribution in [0.4, 0.5) is 11.5 Å². The molecule has 2 aromatic rings. The Kier molecular flexibility index (Phi) is 3.71. The lowest BCUT2D eigenvalue weighted by Gasteiger charge is -2.09. The summed E-state index contributed by atoms with van der Waals surface area (Å²) in [5.74, 6) is 1.38. The van der Waals surface area contributed by atoms with Crippen molar-refractivity contribution in [3.05, 3.63) is 46.3 Å². The van der Waals surface area contributed by atoms with Crippen LogP contribution in [0.25, 0.3) is 0 Å². The second kappa shape index (κ2) is 5.25. The Morgan fingerprint density at radius 3 is 2.94 bits per heavy atom. The molecule has 0 aliphatic carbocycles. The molecule has 0 unspecified atom stereocenters. The lowest BCUT2D eigenvalue weighted by atomic mass is 10.2. The molecule has 0 amide bonds. The van der Waals surface area contributed by atoms with Gasteiger partial charge in [0, 0.05) is 16.4 Å². The smallest absolute Gasteiger partial charge is 0.144 e. The first-order chi connectivity index (χ1) is 8.19. The second-order valence-electron chi connectivity index (χ2n) is 3.65. The number of anilines is 2. The standard InChI is InChI=1S/C12H13BrN4/c1-8-2-3-9(13)6-10(8)16-11-4-5-15-12(7-14)17-11/h2-6H,7,14H2,1H3,(H,15,16,17). The lowest BCUT2D eigenvalue weighted by Crippen LogP contribution is -2.05. The highest BCUT2D eigenvalue weighted by Gasteiger charge is 2.02. The number of benzene rings is 1. The van der Waals surface area contributed by atoms with Crippen molar-refractivity contribution in [1.82, 2.24) is 9.97 Å². The van der Waals surface area contributed by atoms with Gasteiger partial charge in [-0.25, -0.2) is 9.97 Å². The van der Waals surface area contributed by atoms with Gasteiger partial charge in [0.05, 0.1) is 6.54 Å². The van der Waals surface area contributed by atoms with Gasteiger partial charge in [-0.1, -0.05) is 22.0 Å². The minimum atomic E-state index is 0.340. The van der Waals surface area contributed by atoms with E-state index in [1.807, 2.05) is 31.2 Å². The third-order valence-electron chi connectivity index (χ3n) is 2.35. The topological polar surface area (TPSA) is 63.8 Å². The van der Waals surface area contributed by atoms with Crippen molar-refractivity contribution >= 4 is 27.4 Å². The van der Waals surface area contributed by atoms with Crippen molar-refractivity contribution in [2.24, 2.45) is 5.73 Å². The molecule has 0 saturated carbocycles. The van der Waals surface area contributed by atoms with Gasteiger partial charge < -0.3 is 11.1 Å². The fourth-order valence-electron chi connectivity index (χ4n) is 1.43. The predicted molar refractivity (Wildman–Crippen MR) is 72.1 cm³/mol. The van der Waals surface area contributed by atoms with Gasteiger partial charge in [-0.3, -0.25) is 0 Å². The molecular formula is C12H13BrN4. The molecule has 0 fully saturated rings. The number of aryl methyl sites for hydroxylation is 1. The van der Waals surface area contributed by atoms with E-state index < -0.39 is 0 Å². The molecular weight excluding hydrogens is 280 g/mol. The van der Waals surface area contributed by atoms with Crippen molar-refractivity contribution in [3.63, 3.8) is 0 Å². The first-order valence-corrected chi connectivity index (χ1v) is 6.03. The molecule has 0 bridgehead atoms. The summed E-state index contributed by atoms with van der Waals surface area (Å²) in [5.41, 5.74) is 7.67. The van der Waals surface area contributed by atoms with Crippen LogP contribution >= 0.6 is 15.9 Å². The van der Waals surface area contributed by atoms with Crippen LogP contribution < -0.4 is 11.1 Å². The Bertz CT molecular complexity index is 528. The summed E-state index contributed by atoms with van der Waals surface area (Å²) < 4.78 is 1.03. The average molecular weight is 293 g/mol. The van der Waals surface area contributed by atoms with Crippen LogP contribution in [0, 0.1) is 6.92 Å². The van der Waals surface area contributed by atoms with Gasteiger partial charge in [-0.05, 0) is 30.7 Å². The molecule has 1 aromatic heterocycles. The fraction of sp³-hybridized carbons (Fsp3) is 0.167. The number of halogens is 1. The Balaban J connectivity index is 2.27. The summed E-state index contributed by atoms with van der Waals surface area (Å²) in [6, 6.07) is 7.88. The molecule has 0 aliphatic rings. The van der Waals surface area contributed by atoms with E-state index in [1.54, 1.807) is 6.20 Å². The van der Waals surface area contributed by atoms with Crippen LogP contribution in [0.2, 0.25) is 0 Å². The number of nitrogens with one attached hydrogen (secondary N) is 1.